The summed E-state index contributed by atoms with van der Waals surface area (Å²) in [5.74, 6) is 0.311. The van der Waals surface area contributed by atoms with Crippen LogP contribution in [0.3, 0.4) is 0 Å². The number of rotatable bonds is 6. The van der Waals surface area contributed by atoms with Crippen molar-refractivity contribution < 1.29 is 9.53 Å². The number of aromatic nitrogens is 4. The van der Waals surface area contributed by atoms with E-state index >= 15 is 0 Å². The standard InChI is InChI=1S/C17H17N5O2/c1-24-16-7-6-15(9-19-16)17(23)20-8-13-2-4-14(5-3-13)10-22-12-18-11-21-22/h2-7,9,11-12H,8,10H2,1H3,(H,20,23). The maximum Gasteiger partial charge on any atom is 0.253 e. The molecule has 7 heteroatoms. The van der Waals surface area contributed by atoms with Crippen LogP contribution in [0.15, 0.2) is 55.2 Å². The Balaban J connectivity index is 1.54. The highest BCUT2D eigenvalue weighted by Gasteiger charge is 2.06. The van der Waals surface area contributed by atoms with Gasteiger partial charge >= 0.3 is 0 Å². The molecule has 1 aromatic carbocycles. The third-order valence-electron chi connectivity index (χ3n) is 3.49. The first kappa shape index (κ1) is 15.7. The molecule has 0 atom stereocenters. The van der Waals surface area contributed by atoms with E-state index in [-0.39, 0.29) is 5.91 Å². The predicted octanol–water partition coefficient (Wildman–Crippen LogP) is 1.66. The Morgan fingerprint density at radius 3 is 2.58 bits per heavy atom. The zero-order valence-electron chi connectivity index (χ0n) is 13.2. The highest BCUT2D eigenvalue weighted by Crippen LogP contribution is 2.08. The average molecular weight is 323 g/mol. The van der Waals surface area contributed by atoms with Crippen LogP contribution in [0.5, 0.6) is 5.88 Å². The van der Waals surface area contributed by atoms with Crippen molar-refractivity contribution in [2.45, 2.75) is 13.1 Å². The van der Waals surface area contributed by atoms with E-state index in [4.69, 9.17) is 4.74 Å². The number of pyridine rings is 1. The molecule has 3 aromatic rings. The third kappa shape index (κ3) is 3.95. The molecule has 0 radical (unpaired) electrons. The molecular weight excluding hydrogens is 306 g/mol. The van der Waals surface area contributed by atoms with E-state index in [1.54, 1.807) is 23.1 Å². The lowest BCUT2D eigenvalue weighted by atomic mass is 10.1. The minimum atomic E-state index is -0.170. The van der Waals surface area contributed by atoms with Gasteiger partial charge < -0.3 is 10.1 Å². The van der Waals surface area contributed by atoms with Crippen LogP contribution in [0.4, 0.5) is 0 Å². The molecule has 2 heterocycles. The van der Waals surface area contributed by atoms with Gasteiger partial charge in [-0.15, -0.1) is 0 Å². The number of hydrogen-bond acceptors (Lipinski definition) is 5. The van der Waals surface area contributed by atoms with Crippen LogP contribution < -0.4 is 10.1 Å². The van der Waals surface area contributed by atoms with E-state index in [0.717, 1.165) is 11.1 Å². The van der Waals surface area contributed by atoms with Crippen LogP contribution in [-0.4, -0.2) is 32.8 Å². The van der Waals surface area contributed by atoms with Gasteiger partial charge in [0.1, 0.15) is 12.7 Å². The van der Waals surface area contributed by atoms with Crippen LogP contribution in [0.1, 0.15) is 21.5 Å². The van der Waals surface area contributed by atoms with Gasteiger partial charge in [0.05, 0.1) is 19.2 Å². The Labute approximate surface area is 139 Å². The van der Waals surface area contributed by atoms with Gasteiger partial charge in [0, 0.05) is 18.8 Å². The second kappa shape index (κ2) is 7.36. The highest BCUT2D eigenvalue weighted by molar-refractivity contribution is 5.93. The molecule has 0 unspecified atom stereocenters. The SMILES string of the molecule is COc1ccc(C(=O)NCc2ccc(Cn3cncn3)cc2)cn1. The Bertz CT molecular complexity index is 783. The van der Waals surface area contributed by atoms with Crippen LogP contribution in [0.2, 0.25) is 0 Å². The van der Waals surface area contributed by atoms with E-state index in [1.807, 2.05) is 24.3 Å². The Morgan fingerprint density at radius 2 is 1.96 bits per heavy atom. The summed E-state index contributed by atoms with van der Waals surface area (Å²) >= 11 is 0. The number of hydrogen-bond donors (Lipinski definition) is 1. The minimum Gasteiger partial charge on any atom is -0.481 e. The van der Waals surface area contributed by atoms with E-state index in [1.165, 1.54) is 19.6 Å². The van der Waals surface area contributed by atoms with Gasteiger partial charge in [-0.1, -0.05) is 24.3 Å². The maximum atomic E-state index is 12.1. The second-order valence-electron chi connectivity index (χ2n) is 5.18. The van der Waals surface area contributed by atoms with Crippen LogP contribution >= 0.6 is 0 Å². The van der Waals surface area contributed by atoms with Gasteiger partial charge in [0.25, 0.3) is 5.91 Å². The predicted molar refractivity (Wildman–Crippen MR) is 87.5 cm³/mol. The molecule has 0 spiro atoms. The summed E-state index contributed by atoms with van der Waals surface area (Å²) in [6.45, 7) is 1.12. The molecule has 1 N–H and O–H groups in total. The first-order valence-corrected chi connectivity index (χ1v) is 7.43. The summed E-state index contributed by atoms with van der Waals surface area (Å²) < 4.78 is 6.73. The second-order valence-corrected chi connectivity index (χ2v) is 5.18. The van der Waals surface area contributed by atoms with Crippen LogP contribution in [0, 0.1) is 0 Å². The number of carbonyl (C=O) groups is 1. The van der Waals surface area contributed by atoms with Crippen molar-refractivity contribution in [3.63, 3.8) is 0 Å². The molecule has 7 nitrogen and oxygen atoms in total. The Morgan fingerprint density at radius 1 is 1.17 bits per heavy atom. The number of nitrogens with zero attached hydrogens (tertiary/aromatic N) is 4. The molecular formula is C17H17N5O2. The molecule has 0 aliphatic heterocycles. The third-order valence-corrected chi connectivity index (χ3v) is 3.49. The first-order valence-electron chi connectivity index (χ1n) is 7.43. The molecule has 1 amide bonds. The molecule has 122 valence electrons. The van der Waals surface area contributed by atoms with Crippen molar-refractivity contribution in [2.75, 3.05) is 7.11 Å². The van der Waals surface area contributed by atoms with Gasteiger partial charge in [0.15, 0.2) is 0 Å². The molecule has 2 aromatic heterocycles. The van der Waals surface area contributed by atoms with Gasteiger partial charge in [0.2, 0.25) is 5.88 Å². The number of carbonyl (C=O) groups excluding carboxylic acids is 1. The largest absolute Gasteiger partial charge is 0.481 e. The fourth-order valence-corrected chi connectivity index (χ4v) is 2.18. The molecule has 0 aliphatic rings. The summed E-state index contributed by atoms with van der Waals surface area (Å²) in [4.78, 5) is 20.0. The van der Waals surface area contributed by atoms with Crippen LogP contribution in [0.25, 0.3) is 0 Å². The zero-order chi connectivity index (χ0) is 16.8. The molecule has 24 heavy (non-hydrogen) atoms. The number of methoxy groups -OCH3 is 1. The Hall–Kier alpha value is -3.22. The van der Waals surface area contributed by atoms with Crippen LogP contribution in [-0.2, 0) is 13.1 Å². The number of ether oxygens (including phenoxy) is 1. The molecule has 0 aliphatic carbocycles. The van der Waals surface area contributed by atoms with E-state index in [2.05, 4.69) is 20.4 Å². The quantitative estimate of drug-likeness (QED) is 0.746. The number of benzene rings is 1. The van der Waals surface area contributed by atoms with Crippen molar-refractivity contribution in [1.82, 2.24) is 25.1 Å². The van der Waals surface area contributed by atoms with Crippen molar-refractivity contribution in [3.05, 3.63) is 71.9 Å². The maximum absolute atomic E-state index is 12.1. The molecule has 0 saturated carbocycles. The summed E-state index contributed by atoms with van der Waals surface area (Å²) in [5, 5.41) is 6.94. The van der Waals surface area contributed by atoms with Crippen molar-refractivity contribution in [3.8, 4) is 5.88 Å². The lowest BCUT2D eigenvalue weighted by Crippen LogP contribution is -2.22. The summed E-state index contributed by atoms with van der Waals surface area (Å²) in [7, 11) is 1.54. The number of amides is 1. The van der Waals surface area contributed by atoms with E-state index in [0.29, 0.717) is 24.5 Å². The highest BCUT2D eigenvalue weighted by atomic mass is 16.5. The Kier molecular flexibility index (Phi) is 4.81. The topological polar surface area (TPSA) is 81.9 Å². The van der Waals surface area contributed by atoms with Gasteiger partial charge in [-0.2, -0.15) is 5.10 Å². The zero-order valence-corrected chi connectivity index (χ0v) is 13.2. The average Bonchev–Trinajstić information content (AvgIpc) is 3.14. The smallest absolute Gasteiger partial charge is 0.253 e. The molecule has 0 fully saturated rings. The van der Waals surface area contributed by atoms with Crippen molar-refractivity contribution in [1.29, 1.82) is 0 Å². The van der Waals surface area contributed by atoms with E-state index < -0.39 is 0 Å². The molecule has 0 saturated heterocycles. The monoisotopic (exact) mass is 323 g/mol. The summed E-state index contributed by atoms with van der Waals surface area (Å²) in [6.07, 6.45) is 4.68. The first-order chi connectivity index (χ1) is 11.7. The van der Waals surface area contributed by atoms with E-state index in [9.17, 15) is 4.79 Å². The van der Waals surface area contributed by atoms with Gasteiger partial charge in [-0.25, -0.2) is 14.6 Å². The van der Waals surface area contributed by atoms with Crippen molar-refractivity contribution in [2.24, 2.45) is 0 Å². The molecule has 0 bridgehead atoms. The normalized spacial score (nSPS) is 10.4. The summed E-state index contributed by atoms with van der Waals surface area (Å²) in [6, 6.07) is 11.3. The number of nitrogens with one attached hydrogen (secondary N) is 1. The minimum absolute atomic E-state index is 0.170. The van der Waals surface area contributed by atoms with Crippen molar-refractivity contribution >= 4 is 5.91 Å². The lowest BCUT2D eigenvalue weighted by Gasteiger charge is -2.07. The van der Waals surface area contributed by atoms with Gasteiger partial charge in [-0.3, -0.25) is 4.79 Å². The molecule has 3 rings (SSSR count). The fourth-order valence-electron chi connectivity index (χ4n) is 2.18. The van der Waals surface area contributed by atoms with Gasteiger partial charge in [-0.05, 0) is 17.2 Å². The fraction of sp³-hybridized carbons (Fsp3) is 0.176. The summed E-state index contributed by atoms with van der Waals surface area (Å²) in [5.41, 5.74) is 2.64. The lowest BCUT2D eigenvalue weighted by molar-refractivity contribution is 0.0950.